The molecule has 0 aliphatic heterocycles. The van der Waals surface area contributed by atoms with E-state index in [1.165, 1.54) is 31.7 Å². The average Bonchev–Trinajstić information content (AvgIpc) is 3.24. The fourth-order valence-electron chi connectivity index (χ4n) is 3.30. The van der Waals surface area contributed by atoms with Crippen molar-refractivity contribution in [3.63, 3.8) is 0 Å². The van der Waals surface area contributed by atoms with E-state index in [4.69, 9.17) is 10.3 Å². The van der Waals surface area contributed by atoms with Gasteiger partial charge in [-0.2, -0.15) is 0 Å². The van der Waals surface area contributed by atoms with E-state index in [1.54, 1.807) is 12.1 Å². The second kappa shape index (κ2) is 11.0. The minimum absolute atomic E-state index is 0.207. The minimum atomic E-state index is -1.51. The Morgan fingerprint density at radius 2 is 1.87 bits per heavy atom. The molecule has 2 rings (SSSR count). The smallest absolute Gasteiger partial charge is 0.275 e. The van der Waals surface area contributed by atoms with Crippen molar-refractivity contribution >= 4 is 17.7 Å². The topological polar surface area (TPSA) is 119 Å². The highest BCUT2D eigenvalue weighted by molar-refractivity contribution is 6.08. The van der Waals surface area contributed by atoms with Crippen molar-refractivity contribution in [2.45, 2.75) is 25.3 Å². The van der Waals surface area contributed by atoms with Gasteiger partial charge in [0.15, 0.2) is 6.04 Å². The lowest BCUT2D eigenvalue weighted by atomic mass is 10.1. The zero-order valence-corrected chi connectivity index (χ0v) is 16.9. The number of hydrogen-bond acceptors (Lipinski definition) is 5. The van der Waals surface area contributed by atoms with Crippen LogP contribution < -0.4 is 10.8 Å². The first-order valence-electron chi connectivity index (χ1n) is 9.56. The standard InChI is InChI=1S/C22H25N3O5/c1-23-20(27)19(21(28)24-30)25(2)22(29)18-11-9-15(10-12-18)5-3-4-6-16-7-8-17(13-16)14-26/h9-12,16-17,19,26,30H,7-8,13-14H2,1-2H3,(H,23,27)(H,24,28). The van der Waals surface area contributed by atoms with E-state index in [0.29, 0.717) is 11.5 Å². The lowest BCUT2D eigenvalue weighted by molar-refractivity contribution is -0.140. The van der Waals surface area contributed by atoms with Gasteiger partial charge in [-0.25, -0.2) is 5.48 Å². The summed E-state index contributed by atoms with van der Waals surface area (Å²) < 4.78 is 0. The largest absolute Gasteiger partial charge is 0.396 e. The molecule has 1 aromatic rings. The number of amides is 3. The molecule has 4 N–H and O–H groups in total. The highest BCUT2D eigenvalue weighted by atomic mass is 16.5. The fraction of sp³-hybridized carbons (Fsp3) is 0.409. The average molecular weight is 411 g/mol. The quantitative estimate of drug-likeness (QED) is 0.238. The van der Waals surface area contributed by atoms with Crippen LogP contribution in [0.25, 0.3) is 0 Å². The van der Waals surface area contributed by atoms with Crippen LogP contribution in [0.5, 0.6) is 0 Å². The van der Waals surface area contributed by atoms with Crippen molar-refractivity contribution in [3.8, 4) is 23.7 Å². The van der Waals surface area contributed by atoms with E-state index in [1.807, 2.05) is 0 Å². The van der Waals surface area contributed by atoms with E-state index in [-0.39, 0.29) is 18.1 Å². The first-order valence-corrected chi connectivity index (χ1v) is 9.56. The lowest BCUT2D eigenvalue weighted by Gasteiger charge is -2.25. The number of rotatable bonds is 5. The van der Waals surface area contributed by atoms with Gasteiger partial charge in [-0.05, 0) is 61.3 Å². The SMILES string of the molecule is CNC(=O)C(C(=O)NO)N(C)C(=O)c1ccc(C#CC#CC2CCC(CO)C2)cc1. The van der Waals surface area contributed by atoms with Crippen LogP contribution in [0, 0.1) is 35.5 Å². The molecule has 3 unspecified atom stereocenters. The summed E-state index contributed by atoms with van der Waals surface area (Å²) in [5, 5.41) is 20.3. The molecule has 8 heteroatoms. The normalized spacial score (nSPS) is 18.1. The third kappa shape index (κ3) is 5.84. The van der Waals surface area contributed by atoms with Gasteiger partial charge in [0.2, 0.25) is 0 Å². The number of nitrogens with one attached hydrogen (secondary N) is 2. The van der Waals surface area contributed by atoms with Crippen molar-refractivity contribution in [1.82, 2.24) is 15.7 Å². The number of hydrogen-bond donors (Lipinski definition) is 4. The summed E-state index contributed by atoms with van der Waals surface area (Å²) in [4.78, 5) is 37.2. The molecule has 1 aliphatic rings. The summed E-state index contributed by atoms with van der Waals surface area (Å²) in [5.74, 6) is 9.97. The van der Waals surface area contributed by atoms with Crippen LogP contribution >= 0.6 is 0 Å². The van der Waals surface area contributed by atoms with Crippen LogP contribution in [-0.2, 0) is 9.59 Å². The number of benzene rings is 1. The van der Waals surface area contributed by atoms with Crippen molar-refractivity contribution in [3.05, 3.63) is 35.4 Å². The number of aliphatic hydroxyl groups is 1. The number of carbonyl (C=O) groups excluding carboxylic acids is 3. The monoisotopic (exact) mass is 411 g/mol. The molecule has 158 valence electrons. The predicted octanol–water partition coefficient (Wildman–Crippen LogP) is 0.142. The Balaban J connectivity index is 2.04. The Labute approximate surface area is 175 Å². The van der Waals surface area contributed by atoms with E-state index in [2.05, 4.69) is 29.0 Å². The third-order valence-corrected chi connectivity index (χ3v) is 5.04. The molecule has 0 radical (unpaired) electrons. The van der Waals surface area contributed by atoms with E-state index in [0.717, 1.165) is 24.2 Å². The summed E-state index contributed by atoms with van der Waals surface area (Å²) in [5.41, 5.74) is 2.32. The molecule has 30 heavy (non-hydrogen) atoms. The van der Waals surface area contributed by atoms with Crippen molar-refractivity contribution in [2.75, 3.05) is 20.7 Å². The maximum absolute atomic E-state index is 12.6. The summed E-state index contributed by atoms with van der Waals surface area (Å²) in [6.45, 7) is 0.207. The Hall–Kier alpha value is -3.33. The van der Waals surface area contributed by atoms with Crippen LogP contribution in [0.3, 0.4) is 0 Å². The van der Waals surface area contributed by atoms with Gasteiger partial charge in [-0.15, -0.1) is 0 Å². The van der Waals surface area contributed by atoms with Gasteiger partial charge in [0, 0.05) is 37.7 Å². The second-order valence-electron chi connectivity index (χ2n) is 7.06. The molecule has 3 atom stereocenters. The molecule has 0 saturated heterocycles. The number of aliphatic hydroxyl groups excluding tert-OH is 1. The Morgan fingerprint density at radius 1 is 1.17 bits per heavy atom. The Morgan fingerprint density at radius 3 is 2.43 bits per heavy atom. The molecule has 0 spiro atoms. The molecule has 1 saturated carbocycles. The molecule has 1 aliphatic carbocycles. The fourth-order valence-corrected chi connectivity index (χ4v) is 3.30. The maximum atomic E-state index is 12.6. The number of carbonyl (C=O) groups is 3. The van der Waals surface area contributed by atoms with E-state index >= 15 is 0 Å². The minimum Gasteiger partial charge on any atom is -0.396 e. The highest BCUT2D eigenvalue weighted by Crippen LogP contribution is 2.29. The van der Waals surface area contributed by atoms with Gasteiger partial charge in [0.25, 0.3) is 17.7 Å². The van der Waals surface area contributed by atoms with Crippen molar-refractivity contribution < 1.29 is 24.7 Å². The molecule has 1 fully saturated rings. The number of nitrogens with zero attached hydrogens (tertiary/aromatic N) is 1. The van der Waals surface area contributed by atoms with Gasteiger partial charge < -0.3 is 15.3 Å². The van der Waals surface area contributed by atoms with Gasteiger partial charge in [-0.3, -0.25) is 19.6 Å². The van der Waals surface area contributed by atoms with Gasteiger partial charge in [0.1, 0.15) is 0 Å². The number of likely N-dealkylation sites (N-methyl/N-ethyl adjacent to an activating group) is 2. The third-order valence-electron chi connectivity index (χ3n) is 5.04. The lowest BCUT2D eigenvalue weighted by Crippen LogP contribution is -2.54. The van der Waals surface area contributed by atoms with E-state index < -0.39 is 23.8 Å². The predicted molar refractivity (Wildman–Crippen MR) is 109 cm³/mol. The first-order chi connectivity index (χ1) is 14.4. The van der Waals surface area contributed by atoms with Crippen molar-refractivity contribution in [1.29, 1.82) is 0 Å². The summed E-state index contributed by atoms with van der Waals surface area (Å²) >= 11 is 0. The van der Waals surface area contributed by atoms with Gasteiger partial charge >= 0.3 is 0 Å². The zero-order chi connectivity index (χ0) is 22.1. The van der Waals surface area contributed by atoms with E-state index in [9.17, 15) is 14.4 Å². The molecule has 0 bridgehead atoms. The van der Waals surface area contributed by atoms with Crippen LogP contribution in [0.4, 0.5) is 0 Å². The number of hydroxylamine groups is 1. The molecule has 8 nitrogen and oxygen atoms in total. The maximum Gasteiger partial charge on any atom is 0.275 e. The molecule has 1 aromatic carbocycles. The van der Waals surface area contributed by atoms with Crippen LogP contribution in [-0.4, -0.2) is 59.7 Å². The zero-order valence-electron chi connectivity index (χ0n) is 16.9. The molecular weight excluding hydrogens is 386 g/mol. The van der Waals surface area contributed by atoms with Crippen LogP contribution in [0.2, 0.25) is 0 Å². The first kappa shape index (κ1) is 23.0. The molecular formula is C22H25N3O5. The Bertz CT molecular complexity index is 889. The summed E-state index contributed by atoms with van der Waals surface area (Å²) in [7, 11) is 2.62. The van der Waals surface area contributed by atoms with Gasteiger partial charge in [0.05, 0.1) is 0 Å². The van der Waals surface area contributed by atoms with Crippen molar-refractivity contribution in [2.24, 2.45) is 11.8 Å². The highest BCUT2D eigenvalue weighted by Gasteiger charge is 2.33. The summed E-state index contributed by atoms with van der Waals surface area (Å²) in [6.07, 6.45) is 2.88. The Kier molecular flexibility index (Phi) is 8.42. The van der Waals surface area contributed by atoms with Crippen LogP contribution in [0.1, 0.15) is 35.2 Å². The molecule has 0 heterocycles. The molecule has 0 aromatic heterocycles. The summed E-state index contributed by atoms with van der Waals surface area (Å²) in [6, 6.07) is 4.86. The van der Waals surface area contributed by atoms with Crippen LogP contribution in [0.15, 0.2) is 24.3 Å². The molecule has 3 amide bonds. The van der Waals surface area contributed by atoms with Gasteiger partial charge in [-0.1, -0.05) is 11.8 Å². The second-order valence-corrected chi connectivity index (χ2v) is 7.06.